The summed E-state index contributed by atoms with van der Waals surface area (Å²) in [7, 11) is 0. The van der Waals surface area contributed by atoms with E-state index in [1.807, 2.05) is 23.5 Å². The molecule has 0 amide bonds. The maximum atomic E-state index is 5.90. The second-order valence-corrected chi connectivity index (χ2v) is 7.18. The van der Waals surface area contributed by atoms with Crippen molar-refractivity contribution in [3.63, 3.8) is 0 Å². The zero-order chi connectivity index (χ0) is 16.1. The third-order valence-electron chi connectivity index (χ3n) is 4.58. The van der Waals surface area contributed by atoms with Crippen LogP contribution in [0.2, 0.25) is 0 Å². The van der Waals surface area contributed by atoms with Gasteiger partial charge >= 0.3 is 0 Å². The number of hydrogen-bond acceptors (Lipinski definition) is 2. The fourth-order valence-corrected chi connectivity index (χ4v) is 4.58. The molecule has 4 aromatic carbocycles. The van der Waals surface area contributed by atoms with Gasteiger partial charge in [-0.25, -0.2) is 0 Å². The van der Waals surface area contributed by atoms with Crippen LogP contribution in [-0.4, -0.2) is 0 Å². The van der Waals surface area contributed by atoms with Crippen molar-refractivity contribution in [2.45, 2.75) is 0 Å². The van der Waals surface area contributed by atoms with Gasteiger partial charge in [0, 0.05) is 25.9 Å². The molecule has 24 heavy (non-hydrogen) atoms. The first kappa shape index (κ1) is 13.6. The van der Waals surface area contributed by atoms with Gasteiger partial charge in [0.1, 0.15) is 0 Å². The number of nitrogens with two attached hydrogens (primary N) is 1. The van der Waals surface area contributed by atoms with Gasteiger partial charge in [0.05, 0.1) is 0 Å². The Hall–Kier alpha value is -2.84. The topological polar surface area (TPSA) is 26.0 Å². The first-order chi connectivity index (χ1) is 11.8. The lowest BCUT2D eigenvalue weighted by atomic mass is 9.97. The Kier molecular flexibility index (Phi) is 2.88. The molecule has 5 rings (SSSR count). The van der Waals surface area contributed by atoms with Crippen LogP contribution in [-0.2, 0) is 0 Å². The molecule has 0 aliphatic heterocycles. The van der Waals surface area contributed by atoms with E-state index in [2.05, 4.69) is 66.7 Å². The predicted octanol–water partition coefficient (Wildman–Crippen LogP) is 6.46. The molecule has 1 heterocycles. The molecular weight excluding hydrogens is 310 g/mol. The lowest BCUT2D eigenvalue weighted by Crippen LogP contribution is -1.85. The van der Waals surface area contributed by atoms with E-state index in [1.54, 1.807) is 0 Å². The van der Waals surface area contributed by atoms with Gasteiger partial charge in [-0.1, -0.05) is 48.5 Å². The summed E-state index contributed by atoms with van der Waals surface area (Å²) in [5, 5.41) is 5.10. The predicted molar refractivity (Wildman–Crippen MR) is 107 cm³/mol. The highest BCUT2D eigenvalue weighted by Crippen LogP contribution is 2.40. The Morgan fingerprint density at radius 1 is 0.667 bits per heavy atom. The van der Waals surface area contributed by atoms with Gasteiger partial charge < -0.3 is 5.73 Å². The number of hydrogen-bond donors (Lipinski definition) is 1. The van der Waals surface area contributed by atoms with Gasteiger partial charge in [-0.15, -0.1) is 11.3 Å². The highest BCUT2D eigenvalue weighted by atomic mass is 32.1. The van der Waals surface area contributed by atoms with E-state index in [0.717, 1.165) is 5.69 Å². The van der Waals surface area contributed by atoms with E-state index in [1.165, 1.54) is 42.1 Å². The Balaban J connectivity index is 1.84. The van der Waals surface area contributed by atoms with Crippen molar-refractivity contribution in [1.29, 1.82) is 0 Å². The lowest BCUT2D eigenvalue weighted by molar-refractivity contribution is 1.69. The third-order valence-corrected chi connectivity index (χ3v) is 5.71. The van der Waals surface area contributed by atoms with E-state index in [9.17, 15) is 0 Å². The van der Waals surface area contributed by atoms with Crippen LogP contribution < -0.4 is 5.73 Å². The van der Waals surface area contributed by atoms with Crippen molar-refractivity contribution in [2.24, 2.45) is 0 Å². The van der Waals surface area contributed by atoms with Crippen molar-refractivity contribution >= 4 is 48.0 Å². The van der Waals surface area contributed by atoms with Gasteiger partial charge in [0.15, 0.2) is 0 Å². The smallest absolute Gasteiger partial charge is 0.0361 e. The molecule has 0 unspecified atom stereocenters. The van der Waals surface area contributed by atoms with Gasteiger partial charge in [-0.2, -0.15) is 0 Å². The third kappa shape index (κ3) is 2.00. The zero-order valence-corrected chi connectivity index (χ0v) is 13.8. The first-order valence-corrected chi connectivity index (χ1v) is 8.81. The molecule has 1 aromatic heterocycles. The van der Waals surface area contributed by atoms with Crippen molar-refractivity contribution in [1.82, 2.24) is 0 Å². The van der Waals surface area contributed by atoms with Crippen LogP contribution in [0, 0.1) is 0 Å². The standard InChI is InChI=1S/C22H15NS/c23-17-11-10-14-12-16(9-8-15(14)13-17)18-5-3-7-21-22(18)19-4-1-2-6-20(19)24-21/h1-13H,23H2. The van der Waals surface area contributed by atoms with Crippen molar-refractivity contribution < 1.29 is 0 Å². The summed E-state index contributed by atoms with van der Waals surface area (Å²) >= 11 is 1.86. The maximum absolute atomic E-state index is 5.90. The largest absolute Gasteiger partial charge is 0.399 e. The average Bonchev–Trinajstić information content (AvgIpc) is 3.00. The van der Waals surface area contributed by atoms with E-state index in [0.29, 0.717) is 0 Å². The van der Waals surface area contributed by atoms with Crippen molar-refractivity contribution in [3.05, 3.63) is 78.9 Å². The van der Waals surface area contributed by atoms with Crippen molar-refractivity contribution in [3.8, 4) is 11.1 Å². The molecule has 0 spiro atoms. The second-order valence-electron chi connectivity index (χ2n) is 6.10. The summed E-state index contributed by atoms with van der Waals surface area (Å²) in [6.07, 6.45) is 0. The molecule has 0 aliphatic rings. The van der Waals surface area contributed by atoms with Crippen LogP contribution in [0.3, 0.4) is 0 Å². The monoisotopic (exact) mass is 325 g/mol. The molecule has 0 fully saturated rings. The fraction of sp³-hybridized carbons (Fsp3) is 0. The Morgan fingerprint density at radius 2 is 1.46 bits per heavy atom. The van der Waals surface area contributed by atoms with Gasteiger partial charge in [-0.3, -0.25) is 0 Å². The number of benzene rings is 4. The zero-order valence-electron chi connectivity index (χ0n) is 13.0. The fourth-order valence-electron chi connectivity index (χ4n) is 3.45. The number of rotatable bonds is 1. The normalized spacial score (nSPS) is 11.5. The van der Waals surface area contributed by atoms with E-state index in [4.69, 9.17) is 5.73 Å². The molecule has 0 bridgehead atoms. The summed E-state index contributed by atoms with van der Waals surface area (Å²) < 4.78 is 2.68. The molecule has 1 nitrogen and oxygen atoms in total. The maximum Gasteiger partial charge on any atom is 0.0361 e. The first-order valence-electron chi connectivity index (χ1n) is 7.99. The minimum absolute atomic E-state index is 0.807. The summed E-state index contributed by atoms with van der Waals surface area (Å²) in [6.45, 7) is 0. The van der Waals surface area contributed by atoms with Crippen LogP contribution in [0.1, 0.15) is 0 Å². The molecule has 5 aromatic rings. The molecule has 0 aliphatic carbocycles. The second kappa shape index (κ2) is 5.08. The van der Waals surface area contributed by atoms with Crippen LogP contribution in [0.5, 0.6) is 0 Å². The number of fused-ring (bicyclic) bond motifs is 4. The molecule has 0 saturated heterocycles. The summed E-state index contributed by atoms with van der Waals surface area (Å²) in [5.74, 6) is 0. The van der Waals surface area contributed by atoms with Crippen LogP contribution in [0.25, 0.3) is 42.1 Å². The highest BCUT2D eigenvalue weighted by Gasteiger charge is 2.10. The number of nitrogen functional groups attached to an aromatic ring is 1. The average molecular weight is 325 g/mol. The van der Waals surface area contributed by atoms with Gasteiger partial charge in [0.2, 0.25) is 0 Å². The SMILES string of the molecule is Nc1ccc2cc(-c3cccc4sc5ccccc5c34)ccc2c1. The van der Waals surface area contributed by atoms with E-state index < -0.39 is 0 Å². The van der Waals surface area contributed by atoms with Crippen LogP contribution in [0.15, 0.2) is 78.9 Å². The number of anilines is 1. The minimum atomic E-state index is 0.807. The molecule has 0 radical (unpaired) electrons. The molecule has 0 saturated carbocycles. The Bertz CT molecular complexity index is 1220. The Morgan fingerprint density at radius 3 is 2.42 bits per heavy atom. The van der Waals surface area contributed by atoms with Crippen LogP contribution >= 0.6 is 11.3 Å². The molecule has 2 heteroatoms. The number of thiophene rings is 1. The van der Waals surface area contributed by atoms with Crippen molar-refractivity contribution in [2.75, 3.05) is 5.73 Å². The quantitative estimate of drug-likeness (QED) is 0.352. The van der Waals surface area contributed by atoms with Crippen LogP contribution in [0.4, 0.5) is 5.69 Å². The van der Waals surface area contributed by atoms with E-state index in [-0.39, 0.29) is 0 Å². The highest BCUT2D eigenvalue weighted by molar-refractivity contribution is 7.25. The minimum Gasteiger partial charge on any atom is -0.399 e. The lowest BCUT2D eigenvalue weighted by Gasteiger charge is -2.07. The molecular formula is C22H15NS. The van der Waals surface area contributed by atoms with E-state index >= 15 is 0 Å². The molecule has 2 N–H and O–H groups in total. The summed E-state index contributed by atoms with van der Waals surface area (Å²) in [6, 6.07) is 27.9. The van der Waals surface area contributed by atoms with Gasteiger partial charge in [-0.05, 0) is 52.2 Å². The molecule has 0 atom stereocenters. The van der Waals surface area contributed by atoms with Gasteiger partial charge in [0.25, 0.3) is 0 Å². The summed E-state index contributed by atoms with van der Waals surface area (Å²) in [5.41, 5.74) is 9.25. The Labute approximate surface area is 144 Å². The summed E-state index contributed by atoms with van der Waals surface area (Å²) in [4.78, 5) is 0. The molecule has 114 valence electrons.